The van der Waals surface area contributed by atoms with E-state index in [-0.39, 0.29) is 0 Å². The molecule has 0 aliphatic rings. The number of hydrogen-bond acceptors (Lipinski definition) is 4. The van der Waals surface area contributed by atoms with Gasteiger partial charge in [-0.3, -0.25) is 0 Å². The SMILES string of the molecule is CCCCc1ccc(-c2nc(-c3ccccc3)nc(-c3cccc(-n4c5ccccc5c5ccc(-c6cccc7c6oc6ccccc67)cc54)c3)n2)cc1. The zero-order chi connectivity index (χ0) is 36.0. The summed E-state index contributed by atoms with van der Waals surface area (Å²) >= 11 is 0. The molecule has 10 rings (SSSR count). The molecule has 7 aromatic carbocycles. The lowest BCUT2D eigenvalue weighted by Crippen LogP contribution is -2.01. The van der Waals surface area contributed by atoms with Gasteiger partial charge < -0.3 is 8.98 Å². The van der Waals surface area contributed by atoms with Crippen LogP contribution in [0.15, 0.2) is 168 Å². The maximum absolute atomic E-state index is 6.47. The van der Waals surface area contributed by atoms with Crippen molar-refractivity contribution in [3.05, 3.63) is 169 Å². The zero-order valence-electron chi connectivity index (χ0n) is 29.9. The van der Waals surface area contributed by atoms with Crippen molar-refractivity contribution in [3.8, 4) is 51.0 Å². The highest BCUT2D eigenvalue weighted by Gasteiger charge is 2.18. The fraction of sp³-hybridized carbons (Fsp3) is 0.0816. The Balaban J connectivity index is 1.13. The second-order valence-corrected chi connectivity index (χ2v) is 13.9. The summed E-state index contributed by atoms with van der Waals surface area (Å²) in [5.41, 5.74) is 11.4. The van der Waals surface area contributed by atoms with Crippen LogP contribution >= 0.6 is 0 Å². The van der Waals surface area contributed by atoms with Crippen LogP contribution in [-0.2, 0) is 6.42 Å². The van der Waals surface area contributed by atoms with Gasteiger partial charge in [0.15, 0.2) is 17.5 Å². The van der Waals surface area contributed by atoms with Gasteiger partial charge in [0.1, 0.15) is 11.2 Å². The lowest BCUT2D eigenvalue weighted by atomic mass is 10.0. The molecule has 3 heterocycles. The fourth-order valence-corrected chi connectivity index (χ4v) is 7.73. The van der Waals surface area contributed by atoms with Crippen molar-refractivity contribution >= 4 is 43.7 Å². The molecule has 0 saturated heterocycles. The number of fused-ring (bicyclic) bond motifs is 6. The quantitative estimate of drug-likeness (QED) is 0.159. The largest absolute Gasteiger partial charge is 0.455 e. The number of benzene rings is 7. The predicted molar refractivity (Wildman–Crippen MR) is 222 cm³/mol. The standard InChI is InChI=1S/C49H36N4O/c1-2-3-13-32-24-26-34(27-25-32)48-50-47(33-14-5-4-6-15-33)51-49(52-48)36-16-11-17-37(30-36)53-43-22-9-7-18-39(43)40-29-28-35(31-44(40)53)38-20-12-21-42-41-19-8-10-23-45(41)54-46(38)42/h4-12,14-31H,2-3,13H2,1H3. The van der Waals surface area contributed by atoms with E-state index in [1.54, 1.807) is 0 Å². The molecule has 0 bridgehead atoms. The van der Waals surface area contributed by atoms with Gasteiger partial charge in [-0.2, -0.15) is 0 Å². The summed E-state index contributed by atoms with van der Waals surface area (Å²) in [5.74, 6) is 1.94. The van der Waals surface area contributed by atoms with Crippen molar-refractivity contribution in [2.75, 3.05) is 0 Å². The number of nitrogens with zero attached hydrogens (tertiary/aromatic N) is 4. The van der Waals surface area contributed by atoms with Gasteiger partial charge in [0.2, 0.25) is 0 Å². The molecule has 0 spiro atoms. The summed E-state index contributed by atoms with van der Waals surface area (Å²) in [7, 11) is 0. The van der Waals surface area contributed by atoms with Crippen molar-refractivity contribution in [1.82, 2.24) is 19.5 Å². The highest BCUT2D eigenvalue weighted by molar-refractivity contribution is 6.13. The number of hydrogen-bond donors (Lipinski definition) is 0. The summed E-state index contributed by atoms with van der Waals surface area (Å²) in [6.45, 7) is 2.23. The lowest BCUT2D eigenvalue weighted by molar-refractivity contribution is 0.670. The average Bonchev–Trinajstić information content (AvgIpc) is 3.79. The van der Waals surface area contributed by atoms with Gasteiger partial charge in [-0.05, 0) is 54.3 Å². The minimum absolute atomic E-state index is 0.633. The molecule has 0 aliphatic carbocycles. The third-order valence-electron chi connectivity index (χ3n) is 10.5. The molecule has 0 unspecified atom stereocenters. The van der Waals surface area contributed by atoms with Crippen molar-refractivity contribution < 1.29 is 4.42 Å². The molecule has 0 aliphatic heterocycles. The normalized spacial score (nSPS) is 11.6. The molecule has 10 aromatic rings. The van der Waals surface area contributed by atoms with Crippen molar-refractivity contribution in [2.24, 2.45) is 0 Å². The minimum atomic E-state index is 0.633. The van der Waals surface area contributed by atoms with E-state index in [2.05, 4.69) is 145 Å². The Hall–Kier alpha value is -6.85. The number of aryl methyl sites for hydroxylation is 1. The first kappa shape index (κ1) is 31.9. The smallest absolute Gasteiger partial charge is 0.164 e. The van der Waals surface area contributed by atoms with E-state index in [4.69, 9.17) is 19.4 Å². The molecule has 0 saturated carbocycles. The van der Waals surface area contributed by atoms with E-state index in [1.165, 1.54) is 29.2 Å². The van der Waals surface area contributed by atoms with Crippen LogP contribution in [0.5, 0.6) is 0 Å². The maximum atomic E-state index is 6.47. The van der Waals surface area contributed by atoms with Crippen LogP contribution in [0.2, 0.25) is 0 Å². The summed E-state index contributed by atoms with van der Waals surface area (Å²) in [6.07, 6.45) is 3.42. The summed E-state index contributed by atoms with van der Waals surface area (Å²) in [4.78, 5) is 15.1. The van der Waals surface area contributed by atoms with Crippen molar-refractivity contribution in [1.29, 1.82) is 0 Å². The Morgan fingerprint density at radius 1 is 0.481 bits per heavy atom. The van der Waals surface area contributed by atoms with Crippen LogP contribution < -0.4 is 0 Å². The molecule has 0 amide bonds. The summed E-state index contributed by atoms with van der Waals surface area (Å²) in [6, 6.07) is 57.4. The zero-order valence-corrected chi connectivity index (χ0v) is 29.9. The predicted octanol–water partition coefficient (Wildman–Crippen LogP) is 12.9. The Bertz CT molecular complexity index is 2980. The van der Waals surface area contributed by atoms with Crippen molar-refractivity contribution in [2.45, 2.75) is 26.2 Å². The van der Waals surface area contributed by atoms with Crippen LogP contribution in [-0.4, -0.2) is 19.5 Å². The first-order valence-electron chi connectivity index (χ1n) is 18.7. The van der Waals surface area contributed by atoms with Gasteiger partial charge in [-0.15, -0.1) is 0 Å². The van der Waals surface area contributed by atoms with E-state index in [0.717, 1.165) is 72.9 Å². The second kappa shape index (κ2) is 13.3. The van der Waals surface area contributed by atoms with Crippen LogP contribution in [0.3, 0.4) is 0 Å². The Morgan fingerprint density at radius 2 is 1.11 bits per heavy atom. The molecule has 0 radical (unpaired) electrons. The molecule has 0 fully saturated rings. The van der Waals surface area contributed by atoms with Crippen LogP contribution in [0.4, 0.5) is 0 Å². The summed E-state index contributed by atoms with van der Waals surface area (Å²) < 4.78 is 8.82. The minimum Gasteiger partial charge on any atom is -0.455 e. The Morgan fingerprint density at radius 3 is 1.93 bits per heavy atom. The van der Waals surface area contributed by atoms with Crippen molar-refractivity contribution in [3.63, 3.8) is 0 Å². The maximum Gasteiger partial charge on any atom is 0.164 e. The van der Waals surface area contributed by atoms with Gasteiger partial charge in [0.25, 0.3) is 0 Å². The highest BCUT2D eigenvalue weighted by atomic mass is 16.3. The number of rotatable bonds is 8. The average molecular weight is 697 g/mol. The molecule has 0 N–H and O–H groups in total. The van der Waals surface area contributed by atoms with E-state index in [0.29, 0.717) is 17.5 Å². The van der Waals surface area contributed by atoms with E-state index in [9.17, 15) is 0 Å². The first-order valence-corrected chi connectivity index (χ1v) is 18.7. The Labute approximate surface area is 313 Å². The second-order valence-electron chi connectivity index (χ2n) is 13.9. The van der Waals surface area contributed by atoms with Gasteiger partial charge >= 0.3 is 0 Å². The van der Waals surface area contributed by atoms with E-state index >= 15 is 0 Å². The van der Waals surface area contributed by atoms with Crippen LogP contribution in [0.25, 0.3) is 94.7 Å². The van der Waals surface area contributed by atoms with E-state index in [1.807, 2.05) is 30.3 Å². The van der Waals surface area contributed by atoms with Gasteiger partial charge in [0, 0.05) is 49.5 Å². The van der Waals surface area contributed by atoms with Gasteiger partial charge in [-0.25, -0.2) is 15.0 Å². The van der Waals surface area contributed by atoms with Gasteiger partial charge in [0.05, 0.1) is 11.0 Å². The molecule has 5 nitrogen and oxygen atoms in total. The topological polar surface area (TPSA) is 56.7 Å². The fourth-order valence-electron chi connectivity index (χ4n) is 7.73. The monoisotopic (exact) mass is 696 g/mol. The third-order valence-corrected chi connectivity index (χ3v) is 10.5. The van der Waals surface area contributed by atoms with Crippen LogP contribution in [0, 0.1) is 0 Å². The molecule has 3 aromatic heterocycles. The Kier molecular flexibility index (Phi) is 7.84. The molecule has 0 atom stereocenters. The molecule has 258 valence electrons. The third kappa shape index (κ3) is 5.53. The number of aromatic nitrogens is 4. The molecular formula is C49H36N4O. The highest BCUT2D eigenvalue weighted by Crippen LogP contribution is 2.39. The van der Waals surface area contributed by atoms with E-state index < -0.39 is 0 Å². The summed E-state index contributed by atoms with van der Waals surface area (Å²) in [5, 5.41) is 4.63. The number of furan rings is 1. The molecular weight excluding hydrogens is 661 g/mol. The lowest BCUT2D eigenvalue weighted by Gasteiger charge is -2.12. The number of unbranched alkanes of at least 4 members (excludes halogenated alkanes) is 1. The van der Waals surface area contributed by atoms with Crippen LogP contribution in [0.1, 0.15) is 25.3 Å². The first-order chi connectivity index (χ1) is 26.7. The molecule has 54 heavy (non-hydrogen) atoms. The van der Waals surface area contributed by atoms with Gasteiger partial charge in [-0.1, -0.05) is 147 Å². The number of para-hydroxylation sites is 3. The molecule has 5 heteroatoms.